The molecule has 4 N–H and O–H groups in total. The molecular formula is C11H18N4O2S. The molecule has 1 aromatic heterocycles. The Balaban J connectivity index is 1.70. The van der Waals surface area contributed by atoms with Crippen LogP contribution in [0.4, 0.5) is 10.9 Å². The van der Waals surface area contributed by atoms with E-state index in [0.717, 1.165) is 12.5 Å². The first-order valence-corrected chi connectivity index (χ1v) is 6.82. The Morgan fingerprint density at radius 2 is 2.39 bits per heavy atom. The Morgan fingerprint density at radius 3 is 3.00 bits per heavy atom. The summed E-state index contributed by atoms with van der Waals surface area (Å²) >= 11 is 1.25. The molecule has 1 fully saturated rings. The van der Waals surface area contributed by atoms with Crippen LogP contribution in [0.1, 0.15) is 22.5 Å². The number of nitrogens with one attached hydrogen (secondary N) is 2. The fourth-order valence-electron chi connectivity index (χ4n) is 1.45. The number of aromatic nitrogens is 1. The zero-order valence-corrected chi connectivity index (χ0v) is 11.2. The minimum Gasteiger partial charge on any atom is -0.382 e. The van der Waals surface area contributed by atoms with Crippen LogP contribution in [-0.2, 0) is 4.74 Å². The van der Waals surface area contributed by atoms with Gasteiger partial charge >= 0.3 is 0 Å². The third kappa shape index (κ3) is 3.58. The minimum absolute atomic E-state index is 0.193. The Kier molecular flexibility index (Phi) is 4.38. The highest BCUT2D eigenvalue weighted by Crippen LogP contribution is 2.28. The van der Waals surface area contributed by atoms with E-state index in [-0.39, 0.29) is 11.7 Å². The Bertz CT molecular complexity index is 417. The number of hydrogen-bond acceptors (Lipinski definition) is 6. The fourth-order valence-corrected chi connectivity index (χ4v) is 2.21. The molecule has 1 aliphatic carbocycles. The van der Waals surface area contributed by atoms with Gasteiger partial charge in [0.15, 0.2) is 5.13 Å². The number of hydrogen-bond donors (Lipinski definition) is 3. The highest BCUT2D eigenvalue weighted by molar-refractivity contribution is 7.18. The molecular weight excluding hydrogens is 252 g/mol. The number of carbonyl (C=O) groups is 1. The van der Waals surface area contributed by atoms with Crippen LogP contribution in [0.15, 0.2) is 0 Å². The van der Waals surface area contributed by atoms with Crippen molar-refractivity contribution in [2.75, 3.05) is 37.9 Å². The zero-order chi connectivity index (χ0) is 13.0. The van der Waals surface area contributed by atoms with Crippen LogP contribution in [0.2, 0.25) is 0 Å². The molecule has 1 heterocycles. The van der Waals surface area contributed by atoms with E-state index in [4.69, 9.17) is 10.5 Å². The van der Waals surface area contributed by atoms with E-state index in [9.17, 15) is 4.79 Å². The molecule has 18 heavy (non-hydrogen) atoms. The zero-order valence-electron chi connectivity index (χ0n) is 10.4. The molecule has 6 nitrogen and oxygen atoms in total. The predicted molar refractivity (Wildman–Crippen MR) is 71.9 cm³/mol. The summed E-state index contributed by atoms with van der Waals surface area (Å²) in [5.41, 5.74) is 5.66. The Morgan fingerprint density at radius 1 is 1.61 bits per heavy atom. The molecule has 0 aromatic carbocycles. The third-order valence-corrected chi connectivity index (χ3v) is 3.74. The number of ether oxygens (including phenoxy) is 1. The van der Waals surface area contributed by atoms with E-state index < -0.39 is 0 Å². The number of thiazole rings is 1. The average molecular weight is 270 g/mol. The van der Waals surface area contributed by atoms with Crippen LogP contribution in [0.25, 0.3) is 0 Å². The maximum atomic E-state index is 11.8. The van der Waals surface area contributed by atoms with E-state index in [1.807, 2.05) is 0 Å². The predicted octanol–water partition coefficient (Wildman–Crippen LogP) is 0.923. The number of nitrogen functional groups attached to an aromatic ring is 1. The van der Waals surface area contributed by atoms with Gasteiger partial charge in [0.05, 0.1) is 6.61 Å². The first kappa shape index (κ1) is 13.1. The van der Waals surface area contributed by atoms with Crippen LogP contribution in [0, 0.1) is 5.92 Å². The lowest BCUT2D eigenvalue weighted by Crippen LogP contribution is -2.27. The number of nitrogens with zero attached hydrogens (tertiary/aromatic N) is 1. The van der Waals surface area contributed by atoms with Crippen molar-refractivity contribution in [1.82, 2.24) is 10.3 Å². The summed E-state index contributed by atoms with van der Waals surface area (Å²) in [6.07, 6.45) is 2.55. The van der Waals surface area contributed by atoms with E-state index >= 15 is 0 Å². The van der Waals surface area contributed by atoms with Crippen LogP contribution >= 0.6 is 11.3 Å². The quantitative estimate of drug-likeness (QED) is 0.641. The fraction of sp³-hybridized carbons (Fsp3) is 0.636. The standard InChI is InChI=1S/C11H18N4O2S/c1-13-11-15-9(12)8(18-11)10(16)14-4-5-17-6-7-2-3-7/h7H,2-6,12H2,1H3,(H,13,15)(H,14,16). The van der Waals surface area contributed by atoms with Crippen molar-refractivity contribution >= 4 is 28.2 Å². The van der Waals surface area contributed by atoms with Gasteiger partial charge in [-0.1, -0.05) is 11.3 Å². The second-order valence-corrected chi connectivity index (χ2v) is 5.26. The lowest BCUT2D eigenvalue weighted by Gasteiger charge is -2.04. The molecule has 2 rings (SSSR count). The van der Waals surface area contributed by atoms with Gasteiger partial charge in [-0.25, -0.2) is 4.98 Å². The van der Waals surface area contributed by atoms with Gasteiger partial charge in [0, 0.05) is 20.2 Å². The molecule has 1 amide bonds. The Hall–Kier alpha value is -1.34. The molecule has 0 atom stereocenters. The van der Waals surface area contributed by atoms with Crippen LogP contribution < -0.4 is 16.4 Å². The summed E-state index contributed by atoms with van der Waals surface area (Å²) in [5.74, 6) is 0.818. The van der Waals surface area contributed by atoms with Crippen molar-refractivity contribution in [2.24, 2.45) is 5.92 Å². The van der Waals surface area contributed by atoms with Crippen LogP contribution in [0.5, 0.6) is 0 Å². The summed E-state index contributed by atoms with van der Waals surface area (Å²) in [6.45, 7) is 1.85. The molecule has 0 spiro atoms. The molecule has 0 unspecified atom stereocenters. The molecule has 100 valence electrons. The van der Waals surface area contributed by atoms with Gasteiger partial charge in [-0.05, 0) is 18.8 Å². The van der Waals surface area contributed by atoms with E-state index in [2.05, 4.69) is 15.6 Å². The van der Waals surface area contributed by atoms with Crippen LogP contribution in [-0.4, -0.2) is 37.7 Å². The van der Waals surface area contributed by atoms with Gasteiger partial charge < -0.3 is 21.1 Å². The topological polar surface area (TPSA) is 89.3 Å². The largest absolute Gasteiger partial charge is 0.382 e. The van der Waals surface area contributed by atoms with Crippen molar-refractivity contribution in [1.29, 1.82) is 0 Å². The SMILES string of the molecule is CNc1nc(N)c(C(=O)NCCOCC2CC2)s1. The van der Waals surface area contributed by atoms with Gasteiger partial charge in [0.1, 0.15) is 10.7 Å². The molecule has 0 aliphatic heterocycles. The highest BCUT2D eigenvalue weighted by Gasteiger charge is 2.21. The number of rotatable bonds is 7. The number of anilines is 2. The van der Waals surface area contributed by atoms with Crippen molar-refractivity contribution in [2.45, 2.75) is 12.8 Å². The van der Waals surface area contributed by atoms with Crippen molar-refractivity contribution < 1.29 is 9.53 Å². The minimum atomic E-state index is -0.193. The Labute approximate surface area is 110 Å². The van der Waals surface area contributed by atoms with Crippen LogP contribution in [0.3, 0.4) is 0 Å². The summed E-state index contributed by atoms with van der Waals surface area (Å²) in [4.78, 5) is 16.3. The molecule has 1 aromatic rings. The molecule has 0 saturated heterocycles. The molecule has 1 aliphatic rings. The van der Waals surface area contributed by atoms with Gasteiger partial charge in [0.2, 0.25) is 0 Å². The highest BCUT2D eigenvalue weighted by atomic mass is 32.1. The van der Waals surface area contributed by atoms with Gasteiger partial charge in [-0.15, -0.1) is 0 Å². The number of carbonyl (C=O) groups excluding carboxylic acids is 1. The summed E-state index contributed by atoms with van der Waals surface area (Å²) in [7, 11) is 1.74. The number of amides is 1. The van der Waals surface area contributed by atoms with Crippen molar-refractivity contribution in [3.05, 3.63) is 4.88 Å². The smallest absolute Gasteiger partial charge is 0.265 e. The second kappa shape index (κ2) is 6.01. The first-order chi connectivity index (χ1) is 8.70. The number of nitrogens with two attached hydrogens (primary N) is 1. The first-order valence-electron chi connectivity index (χ1n) is 6.00. The molecule has 1 saturated carbocycles. The maximum absolute atomic E-state index is 11.8. The van der Waals surface area contributed by atoms with Crippen molar-refractivity contribution in [3.63, 3.8) is 0 Å². The normalized spacial score (nSPS) is 14.5. The summed E-state index contributed by atoms with van der Waals surface area (Å²) in [5, 5.41) is 6.27. The molecule has 0 radical (unpaired) electrons. The van der Waals surface area contributed by atoms with Gasteiger partial charge in [-0.3, -0.25) is 4.79 Å². The van der Waals surface area contributed by atoms with E-state index in [0.29, 0.717) is 23.2 Å². The average Bonchev–Trinajstić information content (AvgIpc) is 3.10. The lowest BCUT2D eigenvalue weighted by molar-refractivity contribution is 0.0911. The van der Waals surface area contributed by atoms with E-state index in [1.165, 1.54) is 24.2 Å². The third-order valence-electron chi connectivity index (χ3n) is 2.66. The maximum Gasteiger partial charge on any atom is 0.265 e. The van der Waals surface area contributed by atoms with E-state index in [1.54, 1.807) is 7.05 Å². The van der Waals surface area contributed by atoms with Gasteiger partial charge in [0.25, 0.3) is 5.91 Å². The van der Waals surface area contributed by atoms with Crippen molar-refractivity contribution in [3.8, 4) is 0 Å². The molecule has 0 bridgehead atoms. The summed E-state index contributed by atoms with van der Waals surface area (Å²) < 4.78 is 5.43. The molecule has 7 heteroatoms. The monoisotopic (exact) mass is 270 g/mol. The van der Waals surface area contributed by atoms with Gasteiger partial charge in [-0.2, -0.15) is 0 Å². The second-order valence-electron chi connectivity index (χ2n) is 4.26. The lowest BCUT2D eigenvalue weighted by atomic mass is 10.4. The summed E-state index contributed by atoms with van der Waals surface area (Å²) in [6, 6.07) is 0.